The van der Waals surface area contributed by atoms with Crippen molar-refractivity contribution in [3.05, 3.63) is 33.7 Å². The molecule has 1 aromatic carbocycles. The van der Waals surface area contributed by atoms with Crippen molar-refractivity contribution < 1.29 is 9.53 Å². The minimum absolute atomic E-state index is 0.0281. The molecule has 1 aromatic rings. The Kier molecular flexibility index (Phi) is 7.65. The SMILES string of the molecule is Cc1c(C(=O)NCCOC2CCC2)ccc2c1=CC(CCCC1CCCCC1)CC=2. The Labute approximate surface area is 182 Å². The van der Waals surface area contributed by atoms with Gasteiger partial charge in [-0.3, -0.25) is 4.79 Å². The molecule has 0 aromatic heterocycles. The zero-order chi connectivity index (χ0) is 20.8. The first-order chi connectivity index (χ1) is 14.7. The van der Waals surface area contributed by atoms with Crippen molar-refractivity contribution in [1.29, 1.82) is 0 Å². The highest BCUT2D eigenvalue weighted by molar-refractivity contribution is 5.95. The molecule has 0 aliphatic heterocycles. The molecule has 0 heterocycles. The minimum Gasteiger partial charge on any atom is -0.376 e. The molecule has 3 aliphatic rings. The number of amides is 1. The summed E-state index contributed by atoms with van der Waals surface area (Å²) in [4.78, 5) is 12.7. The zero-order valence-corrected chi connectivity index (χ0v) is 18.8. The number of hydrogen-bond donors (Lipinski definition) is 1. The Bertz CT molecular complexity index is 833. The molecular weight excluding hydrogens is 370 g/mol. The van der Waals surface area contributed by atoms with Crippen molar-refractivity contribution in [3.8, 4) is 0 Å². The van der Waals surface area contributed by atoms with E-state index in [2.05, 4.69) is 30.5 Å². The van der Waals surface area contributed by atoms with E-state index >= 15 is 0 Å². The van der Waals surface area contributed by atoms with E-state index in [0.29, 0.717) is 25.2 Å². The van der Waals surface area contributed by atoms with Crippen LogP contribution in [0, 0.1) is 18.8 Å². The van der Waals surface area contributed by atoms with E-state index in [1.54, 1.807) is 0 Å². The summed E-state index contributed by atoms with van der Waals surface area (Å²) < 4.78 is 5.75. The molecule has 164 valence electrons. The number of carbonyl (C=O) groups excluding carboxylic acids is 1. The Morgan fingerprint density at radius 3 is 2.67 bits per heavy atom. The van der Waals surface area contributed by atoms with Crippen LogP contribution in [0.3, 0.4) is 0 Å². The first-order valence-corrected chi connectivity index (χ1v) is 12.4. The van der Waals surface area contributed by atoms with E-state index in [1.807, 2.05) is 6.07 Å². The Morgan fingerprint density at radius 1 is 1.07 bits per heavy atom. The highest BCUT2D eigenvalue weighted by Gasteiger charge is 2.18. The van der Waals surface area contributed by atoms with Crippen molar-refractivity contribution in [2.45, 2.75) is 90.1 Å². The van der Waals surface area contributed by atoms with E-state index in [4.69, 9.17) is 4.74 Å². The molecule has 1 N–H and O–H groups in total. The number of carbonyl (C=O) groups is 1. The normalized spacial score (nSPS) is 21.8. The highest BCUT2D eigenvalue weighted by atomic mass is 16.5. The van der Waals surface area contributed by atoms with Crippen LogP contribution >= 0.6 is 0 Å². The second-order valence-corrected chi connectivity index (χ2v) is 9.72. The van der Waals surface area contributed by atoms with Gasteiger partial charge in [0.1, 0.15) is 0 Å². The first-order valence-electron chi connectivity index (χ1n) is 12.4. The van der Waals surface area contributed by atoms with Gasteiger partial charge >= 0.3 is 0 Å². The van der Waals surface area contributed by atoms with Crippen molar-refractivity contribution >= 4 is 18.1 Å². The summed E-state index contributed by atoms with van der Waals surface area (Å²) in [5.74, 6) is 1.62. The van der Waals surface area contributed by atoms with Crippen molar-refractivity contribution in [1.82, 2.24) is 5.32 Å². The van der Waals surface area contributed by atoms with Crippen molar-refractivity contribution in [2.24, 2.45) is 11.8 Å². The molecule has 3 nitrogen and oxygen atoms in total. The lowest BCUT2D eigenvalue weighted by atomic mass is 9.84. The van der Waals surface area contributed by atoms with Crippen LogP contribution in [0.5, 0.6) is 0 Å². The topological polar surface area (TPSA) is 38.3 Å². The molecule has 2 fully saturated rings. The largest absolute Gasteiger partial charge is 0.376 e. The standard InChI is InChI=1S/C27H39NO2/c1-20-25(27(29)28-17-18-30-24-11-6-12-24)16-15-23-14-13-22(19-26(20)23)10-5-9-21-7-3-2-4-8-21/h14-16,19,21-22,24H,2-13,17-18H2,1H3,(H,28,29). The van der Waals surface area contributed by atoms with Crippen LogP contribution < -0.4 is 15.8 Å². The molecule has 0 spiro atoms. The Balaban J connectivity index is 1.32. The van der Waals surface area contributed by atoms with Crippen LogP contribution in [0.15, 0.2) is 12.1 Å². The van der Waals surface area contributed by atoms with Gasteiger partial charge in [0.2, 0.25) is 0 Å². The molecule has 0 bridgehead atoms. The smallest absolute Gasteiger partial charge is 0.251 e. The van der Waals surface area contributed by atoms with Crippen LogP contribution in [-0.2, 0) is 4.74 Å². The molecule has 4 rings (SSSR count). The van der Waals surface area contributed by atoms with Gasteiger partial charge in [-0.25, -0.2) is 0 Å². The average molecular weight is 410 g/mol. The second kappa shape index (κ2) is 10.6. The van der Waals surface area contributed by atoms with E-state index in [0.717, 1.165) is 23.5 Å². The summed E-state index contributed by atoms with van der Waals surface area (Å²) in [6, 6.07) is 4.11. The number of nitrogens with one attached hydrogen (secondary N) is 1. The Morgan fingerprint density at radius 2 is 1.90 bits per heavy atom. The van der Waals surface area contributed by atoms with Crippen LogP contribution in [-0.4, -0.2) is 25.2 Å². The number of fused-ring (bicyclic) bond motifs is 1. The maximum Gasteiger partial charge on any atom is 0.251 e. The quantitative estimate of drug-likeness (QED) is 0.604. The lowest BCUT2D eigenvalue weighted by Crippen LogP contribution is -2.36. The minimum atomic E-state index is 0.0281. The van der Waals surface area contributed by atoms with Gasteiger partial charge in [-0.2, -0.15) is 0 Å². The summed E-state index contributed by atoms with van der Waals surface area (Å²) >= 11 is 0. The van der Waals surface area contributed by atoms with E-state index in [-0.39, 0.29) is 5.91 Å². The maximum absolute atomic E-state index is 12.7. The zero-order valence-electron chi connectivity index (χ0n) is 18.8. The summed E-state index contributed by atoms with van der Waals surface area (Å²) in [6.07, 6.45) is 21.3. The predicted molar refractivity (Wildman–Crippen MR) is 124 cm³/mol. The maximum atomic E-state index is 12.7. The van der Waals surface area contributed by atoms with Gasteiger partial charge in [-0.15, -0.1) is 0 Å². The van der Waals surface area contributed by atoms with Gasteiger partial charge in [0.15, 0.2) is 0 Å². The number of hydrogen-bond acceptors (Lipinski definition) is 2. The summed E-state index contributed by atoms with van der Waals surface area (Å²) in [5.41, 5.74) is 1.93. The van der Waals surface area contributed by atoms with E-state index < -0.39 is 0 Å². The molecule has 0 radical (unpaired) electrons. The predicted octanol–water partition coefficient (Wildman–Crippen LogP) is 4.63. The summed E-state index contributed by atoms with van der Waals surface area (Å²) in [5, 5.41) is 5.62. The van der Waals surface area contributed by atoms with Crippen LogP contribution in [0.2, 0.25) is 0 Å². The third-order valence-electron chi connectivity index (χ3n) is 7.54. The fraction of sp³-hybridized carbons (Fsp3) is 0.667. The molecule has 3 heteroatoms. The molecule has 1 amide bonds. The molecule has 0 saturated heterocycles. The third kappa shape index (κ3) is 5.55. The lowest BCUT2D eigenvalue weighted by molar-refractivity contribution is 0.00440. The molecule has 1 unspecified atom stereocenters. The highest BCUT2D eigenvalue weighted by Crippen LogP contribution is 2.29. The van der Waals surface area contributed by atoms with Crippen molar-refractivity contribution in [3.63, 3.8) is 0 Å². The van der Waals surface area contributed by atoms with Crippen LogP contribution in [0.25, 0.3) is 12.2 Å². The van der Waals surface area contributed by atoms with Gasteiger partial charge < -0.3 is 10.1 Å². The van der Waals surface area contributed by atoms with E-state index in [1.165, 1.54) is 81.1 Å². The van der Waals surface area contributed by atoms with Gasteiger partial charge in [0, 0.05) is 12.1 Å². The fourth-order valence-electron chi connectivity index (χ4n) is 5.35. The monoisotopic (exact) mass is 409 g/mol. The number of benzene rings is 1. The molecule has 3 aliphatic carbocycles. The van der Waals surface area contributed by atoms with Crippen molar-refractivity contribution in [2.75, 3.05) is 13.2 Å². The summed E-state index contributed by atoms with van der Waals surface area (Å²) in [7, 11) is 0. The fourth-order valence-corrected chi connectivity index (χ4v) is 5.35. The summed E-state index contributed by atoms with van der Waals surface area (Å²) in [6.45, 7) is 3.31. The Hall–Kier alpha value is -1.61. The first kappa shape index (κ1) is 21.6. The van der Waals surface area contributed by atoms with Gasteiger partial charge in [0.05, 0.1) is 12.7 Å². The lowest BCUT2D eigenvalue weighted by Gasteiger charge is -2.25. The van der Waals surface area contributed by atoms with Crippen LogP contribution in [0.4, 0.5) is 0 Å². The molecular formula is C27H39NO2. The van der Waals surface area contributed by atoms with Gasteiger partial charge in [0.25, 0.3) is 5.91 Å². The van der Waals surface area contributed by atoms with E-state index in [9.17, 15) is 4.79 Å². The molecule has 30 heavy (non-hydrogen) atoms. The number of rotatable bonds is 9. The van der Waals surface area contributed by atoms with Crippen LogP contribution in [0.1, 0.15) is 93.0 Å². The molecule has 1 atom stereocenters. The van der Waals surface area contributed by atoms with Gasteiger partial charge in [-0.1, -0.05) is 63.2 Å². The number of ether oxygens (including phenoxy) is 1. The third-order valence-corrected chi connectivity index (χ3v) is 7.54. The molecule has 2 saturated carbocycles. The van der Waals surface area contributed by atoms with Gasteiger partial charge in [-0.05, 0) is 72.9 Å². The average Bonchev–Trinajstić information content (AvgIpc) is 2.73. The second-order valence-electron chi connectivity index (χ2n) is 9.72.